The van der Waals surface area contributed by atoms with Gasteiger partial charge in [0.25, 0.3) is 11.1 Å². The average Bonchev–Trinajstić information content (AvgIpc) is 3.22. The van der Waals surface area contributed by atoms with Gasteiger partial charge in [-0.3, -0.25) is 14.4 Å². The summed E-state index contributed by atoms with van der Waals surface area (Å²) in [5, 5.41) is 0.251. The molecule has 0 aliphatic carbocycles. The van der Waals surface area contributed by atoms with Crippen molar-refractivity contribution >= 4 is 18.1 Å². The Morgan fingerprint density at radius 2 is 1.74 bits per heavy atom. The van der Waals surface area contributed by atoms with E-state index in [0.717, 1.165) is 11.3 Å². The number of hydrogen-bond donors (Lipinski definition) is 2. The fourth-order valence-corrected chi connectivity index (χ4v) is 3.65. The lowest BCUT2D eigenvalue weighted by atomic mass is 9.90. The molecule has 8 heteroatoms. The Morgan fingerprint density at radius 3 is 2.34 bits per heavy atom. The number of hydrogen-bond acceptors (Lipinski definition) is 5. The monoisotopic (exact) mass is 478 g/mol. The maximum absolute atomic E-state index is 13.6. The van der Waals surface area contributed by atoms with Gasteiger partial charge in [0.1, 0.15) is 16.3 Å². The van der Waals surface area contributed by atoms with Gasteiger partial charge < -0.3 is 19.3 Å². The van der Waals surface area contributed by atoms with Crippen LogP contribution in [0.25, 0.3) is 12.2 Å². The predicted octanol–water partition coefficient (Wildman–Crippen LogP) is 2.19. The molecule has 0 bridgehead atoms. The number of nitrogens with one attached hydrogen (secondary N) is 2. The predicted molar refractivity (Wildman–Crippen MR) is 136 cm³/mol. The van der Waals surface area contributed by atoms with Gasteiger partial charge in [0, 0.05) is 17.7 Å². The molecule has 0 radical (unpaired) electrons. The Bertz CT molecular complexity index is 1430. The first kappa shape index (κ1) is 25.9. The minimum Gasteiger partial charge on any atom is -0.460 e. The number of benzene rings is 1. The number of imidazole rings is 1. The minimum absolute atomic E-state index is 0.0101. The zero-order valence-corrected chi connectivity index (χ0v) is 21.4. The van der Waals surface area contributed by atoms with Crippen LogP contribution in [0.1, 0.15) is 65.4 Å². The zero-order valence-electron chi connectivity index (χ0n) is 21.4. The molecule has 1 unspecified atom stereocenters. The van der Waals surface area contributed by atoms with E-state index < -0.39 is 28.6 Å². The Hall–Kier alpha value is -3.68. The molecule has 0 saturated heterocycles. The van der Waals surface area contributed by atoms with Crippen LogP contribution in [0.3, 0.4) is 0 Å². The largest absolute Gasteiger partial charge is 0.460 e. The second kappa shape index (κ2) is 9.90. The van der Waals surface area contributed by atoms with E-state index in [1.165, 1.54) is 4.57 Å². The van der Waals surface area contributed by atoms with Crippen LogP contribution in [0.2, 0.25) is 0 Å². The topological polar surface area (TPSA) is 110 Å². The van der Waals surface area contributed by atoms with Crippen molar-refractivity contribution in [2.75, 3.05) is 0 Å². The summed E-state index contributed by atoms with van der Waals surface area (Å²) in [5.41, 5.74) is 0.395. The molecule has 3 aromatic rings. The van der Waals surface area contributed by atoms with Gasteiger partial charge in [-0.25, -0.2) is 4.98 Å². The Balaban J connectivity index is 2.23. The SMILES string of the molecule is CC(Cn1c(=O)/c(=C/c2nc[nH]c2C(C)(C)C)[nH]c(=O)/c1=C/c1ccccc1)C(=O)OC(C)(C)C. The maximum Gasteiger partial charge on any atom is 0.310 e. The summed E-state index contributed by atoms with van der Waals surface area (Å²) in [4.78, 5) is 49.6. The molecule has 0 aliphatic rings. The van der Waals surface area contributed by atoms with E-state index in [9.17, 15) is 14.4 Å². The molecule has 0 saturated carbocycles. The third-order valence-electron chi connectivity index (χ3n) is 5.32. The van der Waals surface area contributed by atoms with E-state index in [-0.39, 0.29) is 22.7 Å². The standard InChI is InChI=1S/C27H34N4O4/c1-17(25(34)35-27(5,6)7)15-31-21(13-18-11-9-8-10-12-18)23(32)30-20(24(31)33)14-19-22(26(2,3)4)29-16-28-19/h8-14,16-17H,15H2,1-7H3,(H,28,29)(H,30,32)/b20-14-,21-13-. The van der Waals surface area contributed by atoms with Crippen molar-refractivity contribution < 1.29 is 9.53 Å². The van der Waals surface area contributed by atoms with E-state index in [1.807, 2.05) is 51.1 Å². The molecule has 2 N–H and O–H groups in total. The zero-order chi connectivity index (χ0) is 26.0. The number of H-pyrrole nitrogens is 2. The second-order valence-corrected chi connectivity index (χ2v) is 10.7. The maximum atomic E-state index is 13.6. The van der Waals surface area contributed by atoms with Crippen LogP contribution in [0, 0.1) is 5.92 Å². The Labute approximate surface area is 204 Å². The molecule has 186 valence electrons. The number of carbonyl (C=O) groups is 1. The van der Waals surface area contributed by atoms with Crippen molar-refractivity contribution in [3.8, 4) is 0 Å². The van der Waals surface area contributed by atoms with Gasteiger partial charge in [0.2, 0.25) is 0 Å². The molecule has 8 nitrogen and oxygen atoms in total. The highest BCUT2D eigenvalue weighted by molar-refractivity contribution is 5.72. The summed E-state index contributed by atoms with van der Waals surface area (Å²) in [6, 6.07) is 9.24. The van der Waals surface area contributed by atoms with Crippen molar-refractivity contribution in [1.29, 1.82) is 0 Å². The van der Waals surface area contributed by atoms with Crippen molar-refractivity contribution in [2.24, 2.45) is 5.92 Å². The normalized spacial score (nSPS) is 14.3. The van der Waals surface area contributed by atoms with Crippen molar-refractivity contribution in [3.05, 3.63) is 85.0 Å². The lowest BCUT2D eigenvalue weighted by Crippen LogP contribution is -2.54. The first-order valence-electron chi connectivity index (χ1n) is 11.6. The van der Waals surface area contributed by atoms with Gasteiger partial charge in [0.05, 0.1) is 17.9 Å². The molecule has 0 fully saturated rings. The number of rotatable bonds is 5. The third kappa shape index (κ3) is 6.47. The van der Waals surface area contributed by atoms with E-state index in [4.69, 9.17) is 4.74 Å². The highest BCUT2D eigenvalue weighted by Crippen LogP contribution is 2.22. The number of ether oxygens (including phenoxy) is 1. The summed E-state index contributed by atoms with van der Waals surface area (Å²) >= 11 is 0. The summed E-state index contributed by atoms with van der Waals surface area (Å²) in [6.45, 7) is 13.1. The molecule has 1 aromatic carbocycles. The number of aromatic nitrogens is 4. The number of aromatic amines is 2. The summed E-state index contributed by atoms with van der Waals surface area (Å²) in [5.74, 6) is -1.09. The first-order chi connectivity index (χ1) is 16.3. The highest BCUT2D eigenvalue weighted by atomic mass is 16.6. The Morgan fingerprint density at radius 1 is 1.09 bits per heavy atom. The van der Waals surface area contributed by atoms with Crippen LogP contribution in [-0.4, -0.2) is 31.1 Å². The molecule has 2 aromatic heterocycles. The van der Waals surface area contributed by atoms with Gasteiger partial charge in [-0.05, 0) is 38.5 Å². The molecule has 1 atom stereocenters. The number of nitrogens with zero attached hydrogens (tertiary/aromatic N) is 2. The lowest BCUT2D eigenvalue weighted by Gasteiger charge is -2.22. The number of esters is 1. The van der Waals surface area contributed by atoms with Gasteiger partial charge >= 0.3 is 5.97 Å². The second-order valence-electron chi connectivity index (χ2n) is 10.7. The van der Waals surface area contributed by atoms with Crippen molar-refractivity contribution in [3.63, 3.8) is 0 Å². The van der Waals surface area contributed by atoms with Gasteiger partial charge in [0.15, 0.2) is 0 Å². The molecule has 3 rings (SSSR count). The molecule has 0 aliphatic heterocycles. The van der Waals surface area contributed by atoms with Gasteiger partial charge in [-0.2, -0.15) is 0 Å². The summed E-state index contributed by atoms with van der Waals surface area (Å²) < 4.78 is 6.84. The molecule has 35 heavy (non-hydrogen) atoms. The summed E-state index contributed by atoms with van der Waals surface area (Å²) in [7, 11) is 0. The number of carbonyl (C=O) groups excluding carboxylic acids is 1. The average molecular weight is 479 g/mol. The third-order valence-corrected chi connectivity index (χ3v) is 5.32. The van der Waals surface area contributed by atoms with Crippen LogP contribution in [0.15, 0.2) is 46.2 Å². The van der Waals surface area contributed by atoms with Crippen LogP contribution < -0.4 is 21.8 Å². The smallest absolute Gasteiger partial charge is 0.310 e. The lowest BCUT2D eigenvalue weighted by molar-refractivity contribution is -0.159. The van der Waals surface area contributed by atoms with E-state index in [2.05, 4.69) is 15.0 Å². The molecule has 0 spiro atoms. The fraction of sp³-hybridized carbons (Fsp3) is 0.407. The quantitative estimate of drug-likeness (QED) is 0.547. The van der Waals surface area contributed by atoms with Gasteiger partial charge in [-0.1, -0.05) is 58.0 Å². The van der Waals surface area contributed by atoms with Crippen molar-refractivity contribution in [1.82, 2.24) is 19.5 Å². The molecular weight excluding hydrogens is 444 g/mol. The van der Waals surface area contributed by atoms with E-state index in [0.29, 0.717) is 5.69 Å². The van der Waals surface area contributed by atoms with Crippen LogP contribution in [0.5, 0.6) is 0 Å². The Kier molecular flexibility index (Phi) is 7.33. The van der Waals surface area contributed by atoms with Crippen molar-refractivity contribution in [2.45, 2.75) is 66.0 Å². The molecule has 0 amide bonds. The van der Waals surface area contributed by atoms with Crippen LogP contribution in [0.4, 0.5) is 0 Å². The first-order valence-corrected chi connectivity index (χ1v) is 11.6. The highest BCUT2D eigenvalue weighted by Gasteiger charge is 2.23. The molecular formula is C27H34N4O4. The van der Waals surface area contributed by atoms with Gasteiger partial charge in [-0.15, -0.1) is 0 Å². The van der Waals surface area contributed by atoms with E-state index in [1.54, 1.807) is 46.2 Å². The summed E-state index contributed by atoms with van der Waals surface area (Å²) in [6.07, 6.45) is 4.77. The molecule has 2 heterocycles. The van der Waals surface area contributed by atoms with E-state index >= 15 is 0 Å². The minimum atomic E-state index is -0.661. The van der Waals surface area contributed by atoms with Crippen LogP contribution in [-0.2, 0) is 21.5 Å². The van der Waals surface area contributed by atoms with Crippen LogP contribution >= 0.6 is 0 Å². The fourth-order valence-electron chi connectivity index (χ4n) is 3.65.